The van der Waals surface area contributed by atoms with E-state index in [0.29, 0.717) is 0 Å². The van der Waals surface area contributed by atoms with Gasteiger partial charge in [0.25, 0.3) is 0 Å². The molecule has 1 heterocycles. The van der Waals surface area contributed by atoms with Gasteiger partial charge >= 0.3 is 0 Å². The zero-order chi connectivity index (χ0) is 11.9. The third kappa shape index (κ3) is 1.32. The van der Waals surface area contributed by atoms with Crippen molar-refractivity contribution < 1.29 is 4.42 Å². The number of rotatable bonds is 1. The van der Waals surface area contributed by atoms with E-state index in [1.54, 1.807) is 0 Å². The fraction of sp³-hybridized carbons (Fsp3) is 0.0625. The average Bonchev–Trinajstić information content (AvgIpc) is 3.04. The highest BCUT2D eigenvalue weighted by molar-refractivity contribution is 5.78. The van der Waals surface area contributed by atoms with Crippen molar-refractivity contribution in [2.45, 2.75) is 6.42 Å². The quantitative estimate of drug-likeness (QED) is 0.633. The van der Waals surface area contributed by atoms with Gasteiger partial charge in [0.2, 0.25) is 5.89 Å². The maximum atomic E-state index is 5.84. The van der Waals surface area contributed by atoms with Crippen LogP contribution in [0.2, 0.25) is 0 Å². The van der Waals surface area contributed by atoms with E-state index in [-0.39, 0.29) is 0 Å². The molecule has 2 nitrogen and oxygen atoms in total. The smallest absolute Gasteiger partial charge is 0.227 e. The lowest BCUT2D eigenvalue weighted by atomic mass is 10.0. The second-order valence-electron chi connectivity index (χ2n) is 4.47. The molecule has 0 bridgehead atoms. The summed E-state index contributed by atoms with van der Waals surface area (Å²) in [4.78, 5) is 4.57. The fourth-order valence-corrected chi connectivity index (χ4v) is 2.48. The molecule has 0 fully saturated rings. The fourth-order valence-electron chi connectivity index (χ4n) is 2.48. The second-order valence-corrected chi connectivity index (χ2v) is 4.47. The largest absolute Gasteiger partial charge is 0.436 e. The number of aromatic nitrogens is 1. The lowest BCUT2D eigenvalue weighted by molar-refractivity contribution is 0.619. The molecule has 3 aromatic rings. The number of hydrogen-bond donors (Lipinski definition) is 0. The van der Waals surface area contributed by atoms with Crippen molar-refractivity contribution in [1.82, 2.24) is 4.98 Å². The van der Waals surface area contributed by atoms with Gasteiger partial charge in [-0.05, 0) is 35.7 Å². The Bertz CT molecular complexity index is 735. The lowest BCUT2D eigenvalue weighted by Gasteiger charge is -2.03. The first-order valence-corrected chi connectivity index (χ1v) is 6.06. The maximum Gasteiger partial charge on any atom is 0.227 e. The number of nitrogens with zero attached hydrogens (tertiary/aromatic N) is 1. The highest BCUT2D eigenvalue weighted by atomic mass is 16.3. The van der Waals surface area contributed by atoms with Crippen LogP contribution in [-0.4, -0.2) is 4.98 Å². The van der Waals surface area contributed by atoms with E-state index >= 15 is 0 Å². The zero-order valence-corrected chi connectivity index (χ0v) is 9.76. The summed E-state index contributed by atoms with van der Waals surface area (Å²) < 4.78 is 5.84. The van der Waals surface area contributed by atoms with Crippen molar-refractivity contribution in [3.05, 3.63) is 59.7 Å². The third-order valence-corrected chi connectivity index (χ3v) is 3.36. The molecule has 86 valence electrons. The second kappa shape index (κ2) is 3.57. The Kier molecular flexibility index (Phi) is 1.92. The van der Waals surface area contributed by atoms with Crippen LogP contribution in [-0.2, 0) is 6.42 Å². The molecule has 0 atom stereocenters. The average molecular weight is 233 g/mol. The van der Waals surface area contributed by atoms with Gasteiger partial charge in [0.1, 0.15) is 5.52 Å². The van der Waals surface area contributed by atoms with Gasteiger partial charge in [-0.2, -0.15) is 0 Å². The van der Waals surface area contributed by atoms with Crippen LogP contribution in [0.25, 0.3) is 28.6 Å². The minimum Gasteiger partial charge on any atom is -0.436 e. The predicted octanol–water partition coefficient (Wildman–Crippen LogP) is 4.06. The molecular weight excluding hydrogens is 222 g/mol. The first kappa shape index (κ1) is 9.66. The van der Waals surface area contributed by atoms with Crippen molar-refractivity contribution in [3.63, 3.8) is 0 Å². The van der Waals surface area contributed by atoms with Gasteiger partial charge in [-0.1, -0.05) is 36.4 Å². The zero-order valence-electron chi connectivity index (χ0n) is 9.76. The number of hydrogen-bond acceptors (Lipinski definition) is 2. The molecule has 1 aromatic heterocycles. The van der Waals surface area contributed by atoms with Gasteiger partial charge in [0.05, 0.1) is 0 Å². The number of fused-ring (bicyclic) bond motifs is 2. The SMILES string of the molecule is C1=Cc2cccc(-c3nc4ccccc4o3)c2C1. The molecular formula is C16H11NO. The van der Waals surface area contributed by atoms with E-state index in [1.165, 1.54) is 11.1 Å². The summed E-state index contributed by atoms with van der Waals surface area (Å²) in [6.45, 7) is 0. The molecule has 0 unspecified atom stereocenters. The molecule has 1 aliphatic carbocycles. The van der Waals surface area contributed by atoms with E-state index < -0.39 is 0 Å². The standard InChI is InChI=1S/C16H11NO/c1-2-10-15-14(9-1)17-16(18-15)13-8-4-6-11-5-3-7-12(11)13/h1-6,8-10H,7H2. The normalized spacial score (nSPS) is 13.1. The highest BCUT2D eigenvalue weighted by Gasteiger charge is 2.15. The Morgan fingerprint density at radius 2 is 1.94 bits per heavy atom. The van der Waals surface area contributed by atoms with Gasteiger partial charge in [0.15, 0.2) is 5.58 Å². The molecule has 0 aliphatic heterocycles. The predicted molar refractivity (Wildman–Crippen MR) is 72.2 cm³/mol. The Balaban J connectivity index is 1.96. The molecule has 0 saturated carbocycles. The first-order valence-electron chi connectivity index (χ1n) is 6.06. The van der Waals surface area contributed by atoms with Crippen molar-refractivity contribution in [2.24, 2.45) is 0 Å². The molecule has 2 heteroatoms. The molecule has 0 N–H and O–H groups in total. The molecule has 0 saturated heterocycles. The Labute approximate surface area is 105 Å². The van der Waals surface area contributed by atoms with Crippen molar-refractivity contribution >= 4 is 17.2 Å². The molecule has 1 aliphatic rings. The van der Waals surface area contributed by atoms with Gasteiger partial charge < -0.3 is 4.42 Å². The summed E-state index contributed by atoms with van der Waals surface area (Å²) in [6, 6.07) is 14.1. The molecule has 0 amide bonds. The highest BCUT2D eigenvalue weighted by Crippen LogP contribution is 2.32. The molecule has 0 radical (unpaired) electrons. The Morgan fingerprint density at radius 1 is 1.00 bits per heavy atom. The van der Waals surface area contributed by atoms with E-state index in [1.807, 2.05) is 24.3 Å². The topological polar surface area (TPSA) is 26.0 Å². The minimum absolute atomic E-state index is 0.719. The lowest BCUT2D eigenvalue weighted by Crippen LogP contribution is -1.88. The number of benzene rings is 2. The van der Waals surface area contributed by atoms with Crippen LogP contribution in [0.4, 0.5) is 0 Å². The first-order chi connectivity index (χ1) is 8.92. The van der Waals surface area contributed by atoms with Gasteiger partial charge in [-0.25, -0.2) is 4.98 Å². The summed E-state index contributed by atoms with van der Waals surface area (Å²) >= 11 is 0. The van der Waals surface area contributed by atoms with E-state index in [4.69, 9.17) is 4.42 Å². The van der Waals surface area contributed by atoms with Crippen LogP contribution in [0.15, 0.2) is 53.0 Å². The maximum absolute atomic E-state index is 5.84. The van der Waals surface area contributed by atoms with Crippen LogP contribution in [0.5, 0.6) is 0 Å². The summed E-state index contributed by atoms with van der Waals surface area (Å²) in [6.07, 6.45) is 5.29. The summed E-state index contributed by atoms with van der Waals surface area (Å²) in [5.41, 5.74) is 5.44. The third-order valence-electron chi connectivity index (χ3n) is 3.36. The van der Waals surface area contributed by atoms with Crippen LogP contribution in [0, 0.1) is 0 Å². The van der Waals surface area contributed by atoms with Crippen LogP contribution < -0.4 is 0 Å². The Hall–Kier alpha value is -2.35. The van der Waals surface area contributed by atoms with Crippen molar-refractivity contribution in [1.29, 1.82) is 0 Å². The number of allylic oxidation sites excluding steroid dienone is 1. The molecule has 0 spiro atoms. The van der Waals surface area contributed by atoms with Crippen LogP contribution in [0.3, 0.4) is 0 Å². The van der Waals surface area contributed by atoms with Crippen molar-refractivity contribution in [3.8, 4) is 11.5 Å². The van der Waals surface area contributed by atoms with Crippen molar-refractivity contribution in [2.75, 3.05) is 0 Å². The minimum atomic E-state index is 0.719. The van der Waals surface area contributed by atoms with E-state index in [2.05, 4.69) is 35.3 Å². The molecule has 18 heavy (non-hydrogen) atoms. The van der Waals surface area contributed by atoms with Gasteiger partial charge in [-0.3, -0.25) is 0 Å². The van der Waals surface area contributed by atoms with Gasteiger partial charge in [-0.15, -0.1) is 0 Å². The number of oxazole rings is 1. The van der Waals surface area contributed by atoms with E-state index in [0.717, 1.165) is 29.0 Å². The summed E-state index contributed by atoms with van der Waals surface area (Å²) in [5, 5.41) is 0. The number of para-hydroxylation sites is 2. The van der Waals surface area contributed by atoms with Gasteiger partial charge in [0, 0.05) is 5.56 Å². The van der Waals surface area contributed by atoms with E-state index in [9.17, 15) is 0 Å². The van der Waals surface area contributed by atoms with Crippen LogP contribution in [0.1, 0.15) is 11.1 Å². The Morgan fingerprint density at radius 3 is 2.89 bits per heavy atom. The monoisotopic (exact) mass is 233 g/mol. The summed E-state index contributed by atoms with van der Waals surface area (Å²) in [5.74, 6) is 0.719. The van der Waals surface area contributed by atoms with Crippen LogP contribution >= 0.6 is 0 Å². The molecule has 2 aromatic carbocycles. The summed E-state index contributed by atoms with van der Waals surface area (Å²) in [7, 11) is 0. The molecule has 4 rings (SSSR count).